The summed E-state index contributed by atoms with van der Waals surface area (Å²) in [6.07, 6.45) is 0. The van der Waals surface area contributed by atoms with E-state index in [0.717, 1.165) is 12.1 Å². The summed E-state index contributed by atoms with van der Waals surface area (Å²) in [6, 6.07) is 11.6. The Morgan fingerprint density at radius 1 is 1.33 bits per heavy atom. The lowest BCUT2D eigenvalue weighted by molar-refractivity contribution is -0.122. The van der Waals surface area contributed by atoms with Crippen molar-refractivity contribution in [3.05, 3.63) is 57.2 Å². The van der Waals surface area contributed by atoms with Crippen molar-refractivity contribution in [1.29, 1.82) is 0 Å². The van der Waals surface area contributed by atoms with Crippen molar-refractivity contribution >= 4 is 28.8 Å². The molecular formula is C16H19ClN2OS. The largest absolute Gasteiger partial charge is 0.348 e. The first-order valence-electron chi connectivity index (χ1n) is 6.80. The molecule has 1 N–H and O–H groups in total. The number of carbonyl (C=O) groups excluding carboxylic acids is 1. The SMILES string of the molecule is C[C@@H](NC(=O)CN(C)Cc1cccs1)c1ccc(Cl)cc1. The van der Waals surface area contributed by atoms with Crippen molar-refractivity contribution in [3.63, 3.8) is 0 Å². The van der Waals surface area contributed by atoms with Gasteiger partial charge in [-0.2, -0.15) is 0 Å². The van der Waals surface area contributed by atoms with Crippen LogP contribution in [0.25, 0.3) is 0 Å². The van der Waals surface area contributed by atoms with E-state index in [2.05, 4.69) is 11.4 Å². The molecule has 0 spiro atoms. The maximum Gasteiger partial charge on any atom is 0.234 e. The molecule has 0 aliphatic carbocycles. The Morgan fingerprint density at radius 3 is 2.67 bits per heavy atom. The van der Waals surface area contributed by atoms with Crippen LogP contribution in [-0.4, -0.2) is 24.4 Å². The Hall–Kier alpha value is -1.36. The minimum Gasteiger partial charge on any atom is -0.348 e. The van der Waals surface area contributed by atoms with Crippen molar-refractivity contribution in [2.75, 3.05) is 13.6 Å². The molecule has 0 saturated heterocycles. The normalized spacial score (nSPS) is 12.4. The molecule has 1 aromatic carbocycles. The first kappa shape index (κ1) is 16.0. The summed E-state index contributed by atoms with van der Waals surface area (Å²) in [5.41, 5.74) is 1.05. The molecule has 1 heterocycles. The predicted molar refractivity (Wildman–Crippen MR) is 88.7 cm³/mol. The fraction of sp³-hybridized carbons (Fsp3) is 0.312. The zero-order chi connectivity index (χ0) is 15.2. The maximum atomic E-state index is 12.1. The number of amides is 1. The fourth-order valence-electron chi connectivity index (χ4n) is 2.09. The van der Waals surface area contributed by atoms with E-state index < -0.39 is 0 Å². The number of benzene rings is 1. The van der Waals surface area contributed by atoms with Gasteiger partial charge in [-0.05, 0) is 43.1 Å². The molecule has 5 heteroatoms. The summed E-state index contributed by atoms with van der Waals surface area (Å²) in [6.45, 7) is 3.15. The molecule has 0 aliphatic rings. The molecule has 1 aromatic heterocycles. The molecule has 0 bridgehead atoms. The van der Waals surface area contributed by atoms with Crippen LogP contribution in [0.5, 0.6) is 0 Å². The van der Waals surface area contributed by atoms with Crippen LogP contribution in [0.1, 0.15) is 23.4 Å². The third kappa shape index (κ3) is 5.16. The molecule has 0 aliphatic heterocycles. The van der Waals surface area contributed by atoms with Crippen LogP contribution in [0, 0.1) is 0 Å². The maximum absolute atomic E-state index is 12.1. The van der Waals surface area contributed by atoms with Crippen LogP contribution in [0.15, 0.2) is 41.8 Å². The van der Waals surface area contributed by atoms with Crippen LogP contribution < -0.4 is 5.32 Å². The predicted octanol–water partition coefficient (Wildman–Crippen LogP) is 3.71. The van der Waals surface area contributed by atoms with Gasteiger partial charge in [-0.3, -0.25) is 9.69 Å². The average molecular weight is 323 g/mol. The Morgan fingerprint density at radius 2 is 2.05 bits per heavy atom. The van der Waals surface area contributed by atoms with Gasteiger partial charge in [0.15, 0.2) is 0 Å². The number of halogens is 1. The number of carbonyl (C=O) groups is 1. The van der Waals surface area contributed by atoms with Crippen LogP contribution in [0.2, 0.25) is 5.02 Å². The molecule has 2 rings (SSSR count). The molecule has 112 valence electrons. The van der Waals surface area contributed by atoms with Crippen molar-refractivity contribution < 1.29 is 4.79 Å². The van der Waals surface area contributed by atoms with Gasteiger partial charge in [0.05, 0.1) is 12.6 Å². The zero-order valence-electron chi connectivity index (χ0n) is 12.2. The minimum atomic E-state index is -0.0232. The van der Waals surface area contributed by atoms with E-state index in [1.807, 2.05) is 54.6 Å². The quantitative estimate of drug-likeness (QED) is 0.879. The van der Waals surface area contributed by atoms with E-state index >= 15 is 0 Å². The summed E-state index contributed by atoms with van der Waals surface area (Å²) in [4.78, 5) is 15.3. The molecule has 21 heavy (non-hydrogen) atoms. The average Bonchev–Trinajstić information content (AvgIpc) is 2.91. The Labute approximate surface area is 134 Å². The lowest BCUT2D eigenvalue weighted by Gasteiger charge is -2.18. The standard InChI is InChI=1S/C16H19ClN2OS/c1-12(13-5-7-14(17)8-6-13)18-16(20)11-19(2)10-15-4-3-9-21-15/h3-9,12H,10-11H2,1-2H3,(H,18,20)/t12-/m1/s1. The minimum absolute atomic E-state index is 0.0232. The number of nitrogens with one attached hydrogen (secondary N) is 1. The van der Waals surface area contributed by atoms with E-state index in [4.69, 9.17) is 11.6 Å². The lowest BCUT2D eigenvalue weighted by atomic mass is 10.1. The smallest absolute Gasteiger partial charge is 0.234 e. The number of hydrogen-bond acceptors (Lipinski definition) is 3. The number of likely N-dealkylation sites (N-methyl/N-ethyl adjacent to an activating group) is 1. The van der Waals surface area contributed by atoms with Crippen LogP contribution in [0.3, 0.4) is 0 Å². The van der Waals surface area contributed by atoms with Gasteiger partial charge in [0.2, 0.25) is 5.91 Å². The van der Waals surface area contributed by atoms with Gasteiger partial charge in [0.1, 0.15) is 0 Å². The topological polar surface area (TPSA) is 32.3 Å². The van der Waals surface area contributed by atoms with E-state index in [0.29, 0.717) is 11.6 Å². The first-order chi connectivity index (χ1) is 10.0. The molecule has 2 aromatic rings. The first-order valence-corrected chi connectivity index (χ1v) is 8.06. The second-order valence-corrected chi connectivity index (χ2v) is 6.56. The third-order valence-corrected chi connectivity index (χ3v) is 4.28. The highest BCUT2D eigenvalue weighted by Crippen LogP contribution is 2.16. The Bertz CT molecular complexity index is 568. The van der Waals surface area contributed by atoms with Gasteiger partial charge in [-0.1, -0.05) is 29.8 Å². The summed E-state index contributed by atoms with van der Waals surface area (Å²) in [5, 5.41) is 5.76. The van der Waals surface area contributed by atoms with Gasteiger partial charge >= 0.3 is 0 Å². The number of rotatable bonds is 6. The van der Waals surface area contributed by atoms with Crippen molar-refractivity contribution in [1.82, 2.24) is 10.2 Å². The number of thiophene rings is 1. The van der Waals surface area contributed by atoms with Gasteiger partial charge in [-0.25, -0.2) is 0 Å². The second kappa shape index (κ2) is 7.59. The summed E-state index contributed by atoms with van der Waals surface area (Å²) >= 11 is 7.57. The fourth-order valence-corrected chi connectivity index (χ4v) is 3.00. The van der Waals surface area contributed by atoms with Crippen LogP contribution >= 0.6 is 22.9 Å². The highest BCUT2D eigenvalue weighted by atomic mass is 35.5. The van der Waals surface area contributed by atoms with Crippen LogP contribution in [-0.2, 0) is 11.3 Å². The Balaban J connectivity index is 1.82. The molecule has 1 atom stereocenters. The van der Waals surface area contributed by atoms with E-state index in [-0.39, 0.29) is 11.9 Å². The monoisotopic (exact) mass is 322 g/mol. The highest BCUT2D eigenvalue weighted by Gasteiger charge is 2.12. The van der Waals surface area contributed by atoms with Gasteiger partial charge in [0.25, 0.3) is 0 Å². The van der Waals surface area contributed by atoms with E-state index in [1.165, 1.54) is 4.88 Å². The summed E-state index contributed by atoms with van der Waals surface area (Å²) in [5.74, 6) is 0.0245. The molecule has 0 fully saturated rings. The number of hydrogen-bond donors (Lipinski definition) is 1. The molecule has 0 radical (unpaired) electrons. The Kier molecular flexibility index (Phi) is 5.79. The third-order valence-electron chi connectivity index (χ3n) is 3.17. The summed E-state index contributed by atoms with van der Waals surface area (Å²) < 4.78 is 0. The molecule has 3 nitrogen and oxygen atoms in total. The molecule has 0 unspecified atom stereocenters. The summed E-state index contributed by atoms with van der Waals surface area (Å²) in [7, 11) is 1.95. The number of nitrogens with zero attached hydrogens (tertiary/aromatic N) is 1. The van der Waals surface area contributed by atoms with Crippen molar-refractivity contribution in [3.8, 4) is 0 Å². The lowest BCUT2D eigenvalue weighted by Crippen LogP contribution is -2.36. The van der Waals surface area contributed by atoms with Crippen molar-refractivity contribution in [2.24, 2.45) is 0 Å². The van der Waals surface area contributed by atoms with Crippen molar-refractivity contribution in [2.45, 2.75) is 19.5 Å². The van der Waals surface area contributed by atoms with E-state index in [1.54, 1.807) is 11.3 Å². The van der Waals surface area contributed by atoms with Gasteiger partial charge < -0.3 is 5.32 Å². The molecule has 1 amide bonds. The molecule has 0 saturated carbocycles. The van der Waals surface area contributed by atoms with E-state index in [9.17, 15) is 4.79 Å². The zero-order valence-corrected chi connectivity index (χ0v) is 13.7. The highest BCUT2D eigenvalue weighted by molar-refractivity contribution is 7.09. The molecular weight excluding hydrogens is 304 g/mol. The second-order valence-electron chi connectivity index (χ2n) is 5.09. The van der Waals surface area contributed by atoms with Gasteiger partial charge in [0, 0.05) is 16.4 Å². The van der Waals surface area contributed by atoms with Gasteiger partial charge in [-0.15, -0.1) is 11.3 Å². The van der Waals surface area contributed by atoms with Crippen LogP contribution in [0.4, 0.5) is 0 Å².